The molecule has 6 heteroatoms. The number of nitrogens with zero attached hydrogens (tertiary/aromatic N) is 5. The van der Waals surface area contributed by atoms with Crippen LogP contribution in [0.1, 0.15) is 5.56 Å². The van der Waals surface area contributed by atoms with Crippen molar-refractivity contribution in [3.8, 4) is 22.3 Å². The number of anilines is 15. The van der Waals surface area contributed by atoms with Gasteiger partial charge in [-0.05, 0) is 206 Å². The second-order valence-corrected chi connectivity index (χ2v) is 24.2. The lowest BCUT2D eigenvalue weighted by Gasteiger charge is -2.45. The van der Waals surface area contributed by atoms with E-state index in [2.05, 4.69) is 389 Å². The van der Waals surface area contributed by atoms with Crippen LogP contribution in [-0.2, 0) is 0 Å². The molecule has 0 fully saturated rings. The number of para-hydroxylation sites is 6. The first-order chi connectivity index (χ1) is 46.0. The Morgan fingerprint density at radius 2 is 0.516 bits per heavy atom. The van der Waals surface area contributed by atoms with Gasteiger partial charge in [-0.15, -0.1) is 0 Å². The van der Waals surface area contributed by atoms with Crippen molar-refractivity contribution < 1.29 is 0 Å². The molecule has 0 amide bonds. The van der Waals surface area contributed by atoms with Crippen molar-refractivity contribution in [1.82, 2.24) is 0 Å². The summed E-state index contributed by atoms with van der Waals surface area (Å²) >= 11 is 0. The lowest BCUT2D eigenvalue weighted by molar-refractivity contribution is 1.22. The summed E-state index contributed by atoms with van der Waals surface area (Å²) in [5.74, 6) is 0. The van der Waals surface area contributed by atoms with E-state index < -0.39 is 0 Å². The fourth-order valence-electron chi connectivity index (χ4n) is 14.3. The maximum Gasteiger partial charge on any atom is 0.252 e. The van der Waals surface area contributed by atoms with E-state index in [9.17, 15) is 0 Å². The summed E-state index contributed by atoms with van der Waals surface area (Å²) in [6.07, 6.45) is 0. The van der Waals surface area contributed by atoms with Gasteiger partial charge in [0.1, 0.15) is 0 Å². The molecule has 0 saturated carbocycles. The molecule has 2 heterocycles. The van der Waals surface area contributed by atoms with Gasteiger partial charge in [-0.3, -0.25) is 0 Å². The smallest absolute Gasteiger partial charge is 0.252 e. The molecule has 5 nitrogen and oxygen atoms in total. The molecule has 2 aliphatic rings. The SMILES string of the molecule is Cc1cc(N(c2ccccc2)c2ccccc2)cc(N2c3cc4ccccc4cc3B3c4cc5ccccc5cc4N(c4cc(N(c5ccccc5)c5ccccc5)cc(N(c5ccccc5)c5ccccc5)c4)c4cc(-c5ccc(-c6ccccc6)cc5)cc2c43)c1. The Kier molecular flexibility index (Phi) is 13.8. The first-order valence-corrected chi connectivity index (χ1v) is 32.0. The van der Waals surface area contributed by atoms with Crippen LogP contribution in [-0.4, -0.2) is 6.71 Å². The monoisotopic (exact) mass is 1190 g/mol. The number of rotatable bonds is 13. The first kappa shape index (κ1) is 55.0. The summed E-state index contributed by atoms with van der Waals surface area (Å²) in [5, 5.41) is 4.75. The van der Waals surface area contributed by atoms with Crippen LogP contribution in [0.15, 0.2) is 358 Å². The van der Waals surface area contributed by atoms with Gasteiger partial charge in [-0.1, -0.05) is 224 Å². The fourth-order valence-corrected chi connectivity index (χ4v) is 14.3. The van der Waals surface area contributed by atoms with Crippen LogP contribution < -0.4 is 40.9 Å². The molecule has 0 spiro atoms. The Morgan fingerprint density at radius 1 is 0.226 bits per heavy atom. The first-order valence-electron chi connectivity index (χ1n) is 32.0. The average molecular weight is 1190 g/mol. The molecule has 0 atom stereocenters. The van der Waals surface area contributed by atoms with E-state index in [0.717, 1.165) is 102 Å². The van der Waals surface area contributed by atoms with Crippen molar-refractivity contribution in [1.29, 1.82) is 0 Å². The van der Waals surface area contributed by atoms with Crippen LogP contribution >= 0.6 is 0 Å². The Hall–Kier alpha value is -12.1. The summed E-state index contributed by atoms with van der Waals surface area (Å²) < 4.78 is 0. The number of hydrogen-bond donors (Lipinski definition) is 0. The van der Waals surface area contributed by atoms with E-state index in [0.29, 0.717) is 0 Å². The van der Waals surface area contributed by atoms with Gasteiger partial charge >= 0.3 is 0 Å². The van der Waals surface area contributed by atoms with E-state index in [4.69, 9.17) is 0 Å². The molecule has 2 aliphatic heterocycles. The Morgan fingerprint density at radius 3 is 0.882 bits per heavy atom. The predicted octanol–water partition coefficient (Wildman–Crippen LogP) is 22.1. The minimum absolute atomic E-state index is 0.177. The second-order valence-electron chi connectivity index (χ2n) is 24.2. The summed E-state index contributed by atoms with van der Waals surface area (Å²) in [7, 11) is 0. The predicted molar refractivity (Wildman–Crippen MR) is 395 cm³/mol. The van der Waals surface area contributed by atoms with Crippen molar-refractivity contribution in [2.24, 2.45) is 0 Å². The van der Waals surface area contributed by atoms with E-state index >= 15 is 0 Å². The van der Waals surface area contributed by atoms with Gasteiger partial charge in [-0.2, -0.15) is 0 Å². The maximum absolute atomic E-state index is 2.60. The average Bonchev–Trinajstić information content (AvgIpc) is 0.696. The largest absolute Gasteiger partial charge is 0.311 e. The normalized spacial score (nSPS) is 12.1. The molecule has 0 radical (unpaired) electrons. The minimum atomic E-state index is -0.177. The van der Waals surface area contributed by atoms with Gasteiger partial charge in [-0.25, -0.2) is 0 Å². The number of fused-ring (bicyclic) bond motifs is 6. The molecular weight excluding hydrogens is 1130 g/mol. The Labute approximate surface area is 543 Å². The van der Waals surface area contributed by atoms with Crippen molar-refractivity contribution in [2.75, 3.05) is 24.5 Å². The topological polar surface area (TPSA) is 16.2 Å². The van der Waals surface area contributed by atoms with Crippen LogP contribution in [0.3, 0.4) is 0 Å². The molecule has 15 aromatic carbocycles. The third-order valence-electron chi connectivity index (χ3n) is 18.4. The van der Waals surface area contributed by atoms with E-state index in [-0.39, 0.29) is 6.71 Å². The van der Waals surface area contributed by atoms with Crippen LogP contribution in [0.4, 0.5) is 85.3 Å². The number of aryl methyl sites for hydroxylation is 1. The number of benzene rings is 15. The van der Waals surface area contributed by atoms with Gasteiger partial charge in [0.2, 0.25) is 0 Å². The highest BCUT2D eigenvalue weighted by Crippen LogP contribution is 2.51. The highest BCUT2D eigenvalue weighted by molar-refractivity contribution is 7.00. The lowest BCUT2D eigenvalue weighted by Crippen LogP contribution is -2.61. The van der Waals surface area contributed by atoms with Crippen LogP contribution in [0.2, 0.25) is 0 Å². The molecule has 0 unspecified atom stereocenters. The highest BCUT2D eigenvalue weighted by atomic mass is 15.2. The van der Waals surface area contributed by atoms with Gasteiger partial charge in [0.05, 0.1) is 17.1 Å². The summed E-state index contributed by atoms with van der Waals surface area (Å²) in [5.41, 5.74) is 25.5. The highest BCUT2D eigenvalue weighted by Gasteiger charge is 2.45. The lowest BCUT2D eigenvalue weighted by atomic mass is 9.33. The summed E-state index contributed by atoms with van der Waals surface area (Å²) in [6.45, 7) is 2.06. The van der Waals surface area contributed by atoms with Gasteiger partial charge in [0.25, 0.3) is 6.71 Å². The zero-order valence-corrected chi connectivity index (χ0v) is 51.4. The molecule has 0 saturated heterocycles. The molecule has 0 bridgehead atoms. The van der Waals surface area contributed by atoms with E-state index in [1.807, 2.05) is 0 Å². The zero-order chi connectivity index (χ0) is 61.8. The number of hydrogen-bond acceptors (Lipinski definition) is 5. The van der Waals surface area contributed by atoms with E-state index in [1.54, 1.807) is 0 Å². The maximum atomic E-state index is 2.60. The Balaban J connectivity index is 0.994. The van der Waals surface area contributed by atoms with Crippen LogP contribution in [0.25, 0.3) is 43.8 Å². The molecule has 17 rings (SSSR count). The molecule has 15 aromatic rings. The molecule has 0 aromatic heterocycles. The quantitative estimate of drug-likeness (QED) is 0.107. The van der Waals surface area contributed by atoms with Crippen molar-refractivity contribution in [3.05, 3.63) is 363 Å². The molecule has 0 aliphatic carbocycles. The fraction of sp³-hybridized carbons (Fsp3) is 0.0115. The summed E-state index contributed by atoms with van der Waals surface area (Å²) in [4.78, 5) is 12.4. The molecule has 438 valence electrons. The Bertz CT molecular complexity index is 5010. The van der Waals surface area contributed by atoms with E-state index in [1.165, 1.54) is 49.1 Å². The standard InChI is InChI=1S/C87H62BN5/c1-61-49-76(89(70-33-11-3-12-34-70)71-35-13-4-14-36-71)57-77(50-61)92-83-53-67-31-25-23-29-65(67)51-81(83)88-82-52-66-30-24-26-32-68(66)54-84(82)93(86-56-69(55-85(92)87(86)88)64-47-45-63(46-48-64)62-27-9-2-10-28-62)80-59-78(90(72-37-15-5-16-38-72)73-39-17-6-18-40-73)58-79(60-80)91(74-41-19-7-20-42-74)75-43-21-8-22-44-75/h2-60H,1H3. The van der Waals surface area contributed by atoms with Crippen molar-refractivity contribution in [3.63, 3.8) is 0 Å². The van der Waals surface area contributed by atoms with Crippen molar-refractivity contribution in [2.45, 2.75) is 6.92 Å². The summed E-state index contributed by atoms with van der Waals surface area (Å²) in [6, 6.07) is 132. The molecule has 0 N–H and O–H groups in total. The third-order valence-corrected chi connectivity index (χ3v) is 18.4. The minimum Gasteiger partial charge on any atom is -0.311 e. The van der Waals surface area contributed by atoms with Gasteiger partial charge in [0.15, 0.2) is 0 Å². The second kappa shape index (κ2) is 23.4. The molecular formula is C87H62BN5. The zero-order valence-electron chi connectivity index (χ0n) is 51.4. The molecule has 93 heavy (non-hydrogen) atoms. The van der Waals surface area contributed by atoms with Crippen LogP contribution in [0, 0.1) is 6.92 Å². The van der Waals surface area contributed by atoms with Crippen molar-refractivity contribution >= 4 is 130 Å². The third kappa shape index (κ3) is 10.0. The van der Waals surface area contributed by atoms with Crippen LogP contribution in [0.5, 0.6) is 0 Å². The van der Waals surface area contributed by atoms with Gasteiger partial charge < -0.3 is 24.5 Å². The van der Waals surface area contributed by atoms with Gasteiger partial charge in [0, 0.05) is 68.2 Å².